The highest BCUT2D eigenvalue weighted by atomic mass is 35.5. The van der Waals surface area contributed by atoms with Gasteiger partial charge in [0.25, 0.3) is 5.91 Å². The summed E-state index contributed by atoms with van der Waals surface area (Å²) in [6.07, 6.45) is 2.72. The Kier molecular flexibility index (Phi) is 6.83. The molecule has 0 aliphatic carbocycles. The highest BCUT2D eigenvalue weighted by Gasteiger charge is 2.34. The molecule has 3 aromatic carbocycles. The Balaban J connectivity index is 1.52. The molecule has 2 amide bonds. The summed E-state index contributed by atoms with van der Waals surface area (Å²) >= 11 is 6.31. The number of fused-ring (bicyclic) bond motifs is 1. The van der Waals surface area contributed by atoms with Crippen molar-refractivity contribution in [1.82, 2.24) is 9.21 Å². The van der Waals surface area contributed by atoms with Crippen LogP contribution in [0.2, 0.25) is 5.02 Å². The summed E-state index contributed by atoms with van der Waals surface area (Å²) in [6, 6.07) is 20.0. The molecule has 9 heteroatoms. The van der Waals surface area contributed by atoms with Crippen LogP contribution in [0.25, 0.3) is 0 Å². The minimum absolute atomic E-state index is 0.159. The predicted octanol–water partition coefficient (Wildman–Crippen LogP) is 4.70. The lowest BCUT2D eigenvalue weighted by Gasteiger charge is -2.31. The van der Waals surface area contributed by atoms with E-state index in [2.05, 4.69) is 5.32 Å². The Hall–Kier alpha value is -3.20. The largest absolute Gasteiger partial charge is 0.324 e. The lowest BCUT2D eigenvalue weighted by molar-refractivity contribution is -0.117. The third-order valence-corrected chi connectivity index (χ3v) is 8.79. The summed E-state index contributed by atoms with van der Waals surface area (Å²) in [5.41, 5.74) is 2.43. The normalized spacial score (nSPS) is 18.8. The highest BCUT2D eigenvalue weighted by molar-refractivity contribution is 7.89. The van der Waals surface area contributed by atoms with E-state index in [-0.39, 0.29) is 23.3 Å². The van der Waals surface area contributed by atoms with Crippen LogP contribution in [-0.4, -0.2) is 49.1 Å². The van der Waals surface area contributed by atoms with Gasteiger partial charge in [0, 0.05) is 34.9 Å². The first kappa shape index (κ1) is 24.5. The number of anilines is 1. The second kappa shape index (κ2) is 10.0. The average Bonchev–Trinajstić information content (AvgIpc) is 3.05. The van der Waals surface area contributed by atoms with Crippen molar-refractivity contribution in [2.24, 2.45) is 0 Å². The van der Waals surface area contributed by atoms with Gasteiger partial charge in [-0.15, -0.1) is 0 Å². The van der Waals surface area contributed by atoms with Crippen molar-refractivity contribution in [1.29, 1.82) is 0 Å². The van der Waals surface area contributed by atoms with Gasteiger partial charge in [-0.2, -0.15) is 4.31 Å². The molecule has 1 atom stereocenters. The Morgan fingerprint density at radius 3 is 2.31 bits per heavy atom. The van der Waals surface area contributed by atoms with Crippen LogP contribution in [0.4, 0.5) is 5.69 Å². The van der Waals surface area contributed by atoms with Crippen molar-refractivity contribution >= 4 is 39.1 Å². The molecule has 0 unspecified atom stereocenters. The number of nitrogens with zero attached hydrogens (tertiary/aromatic N) is 2. The van der Waals surface area contributed by atoms with Crippen molar-refractivity contribution in [2.75, 3.05) is 25.0 Å². The van der Waals surface area contributed by atoms with Crippen molar-refractivity contribution in [3.05, 3.63) is 94.5 Å². The number of benzene rings is 3. The van der Waals surface area contributed by atoms with Crippen LogP contribution >= 0.6 is 11.6 Å². The minimum atomic E-state index is -3.61. The number of nitrogens with one attached hydrogen (secondary N) is 1. The fourth-order valence-electron chi connectivity index (χ4n) is 4.85. The number of hydrogen-bond donors (Lipinski definition) is 1. The summed E-state index contributed by atoms with van der Waals surface area (Å²) in [6.45, 7) is 0.845. The number of sulfonamides is 1. The first-order valence-corrected chi connectivity index (χ1v) is 13.7. The first-order chi connectivity index (χ1) is 17.3. The van der Waals surface area contributed by atoms with E-state index in [1.807, 2.05) is 30.3 Å². The molecule has 2 heterocycles. The third-order valence-electron chi connectivity index (χ3n) is 6.64. The van der Waals surface area contributed by atoms with Crippen LogP contribution in [-0.2, 0) is 14.8 Å². The lowest BCUT2D eigenvalue weighted by Crippen LogP contribution is -2.39. The summed E-state index contributed by atoms with van der Waals surface area (Å²) < 4.78 is 27.6. The van der Waals surface area contributed by atoms with E-state index in [0.29, 0.717) is 34.9 Å². The molecule has 0 saturated carbocycles. The van der Waals surface area contributed by atoms with Gasteiger partial charge in [-0.05, 0) is 60.9 Å². The van der Waals surface area contributed by atoms with Gasteiger partial charge in [0.1, 0.15) is 6.54 Å². The Morgan fingerprint density at radius 1 is 0.917 bits per heavy atom. The topological polar surface area (TPSA) is 86.8 Å². The number of carbonyl (C=O) groups is 2. The molecule has 36 heavy (non-hydrogen) atoms. The van der Waals surface area contributed by atoms with E-state index >= 15 is 0 Å². The van der Waals surface area contributed by atoms with Crippen molar-refractivity contribution in [3.63, 3.8) is 0 Å². The molecule has 2 aliphatic heterocycles. The quantitative estimate of drug-likeness (QED) is 0.537. The zero-order valence-electron chi connectivity index (χ0n) is 19.6. The minimum Gasteiger partial charge on any atom is -0.324 e. The Morgan fingerprint density at radius 2 is 1.61 bits per heavy atom. The molecule has 5 rings (SSSR count). The highest BCUT2D eigenvalue weighted by Crippen LogP contribution is 2.38. The molecule has 7 nitrogen and oxygen atoms in total. The molecule has 3 aromatic rings. The number of halogens is 1. The van der Waals surface area contributed by atoms with E-state index in [4.69, 9.17) is 11.6 Å². The molecular weight excluding hydrogens is 498 g/mol. The zero-order chi connectivity index (χ0) is 25.3. The predicted molar refractivity (Wildman–Crippen MR) is 138 cm³/mol. The van der Waals surface area contributed by atoms with Gasteiger partial charge >= 0.3 is 0 Å². The fraction of sp³-hybridized carbons (Fsp3) is 0.259. The Bertz CT molecular complexity index is 1390. The van der Waals surface area contributed by atoms with E-state index in [0.717, 1.165) is 24.8 Å². The van der Waals surface area contributed by atoms with Crippen LogP contribution in [0.1, 0.15) is 46.8 Å². The number of carbonyl (C=O) groups excluding carboxylic acids is 2. The van der Waals surface area contributed by atoms with Crippen molar-refractivity contribution in [3.8, 4) is 0 Å². The van der Waals surface area contributed by atoms with Gasteiger partial charge in [0.2, 0.25) is 15.9 Å². The maximum atomic E-state index is 13.8. The molecular formula is C27H26ClN3O4S. The molecule has 1 fully saturated rings. The van der Waals surface area contributed by atoms with E-state index in [1.165, 1.54) is 33.5 Å². The van der Waals surface area contributed by atoms with Gasteiger partial charge in [0.05, 0.1) is 10.9 Å². The fourth-order valence-corrected chi connectivity index (χ4v) is 6.55. The average molecular weight is 524 g/mol. The first-order valence-electron chi connectivity index (χ1n) is 11.9. The Labute approximate surface area is 215 Å². The summed E-state index contributed by atoms with van der Waals surface area (Å²) in [5.74, 6) is -0.705. The van der Waals surface area contributed by atoms with E-state index in [9.17, 15) is 18.0 Å². The molecule has 1 N–H and O–H groups in total. The van der Waals surface area contributed by atoms with Gasteiger partial charge in [-0.1, -0.05) is 48.4 Å². The lowest BCUT2D eigenvalue weighted by atomic mass is 9.95. The zero-order valence-corrected chi connectivity index (χ0v) is 21.1. The second-order valence-electron chi connectivity index (χ2n) is 9.02. The monoisotopic (exact) mass is 523 g/mol. The SMILES string of the molecule is O=C1CN(C(=O)c2ccc(S(=O)(=O)N3CCCCC3)cc2)[C@H](c2ccccc2)c2cc(Cl)ccc2N1. The number of piperidine rings is 1. The maximum Gasteiger partial charge on any atom is 0.255 e. The van der Waals surface area contributed by atoms with Gasteiger partial charge in [-0.25, -0.2) is 8.42 Å². The smallest absolute Gasteiger partial charge is 0.255 e. The van der Waals surface area contributed by atoms with Gasteiger partial charge in [0.15, 0.2) is 0 Å². The molecule has 186 valence electrons. The van der Waals surface area contributed by atoms with Crippen LogP contribution in [0.3, 0.4) is 0 Å². The molecule has 0 bridgehead atoms. The van der Waals surface area contributed by atoms with Crippen LogP contribution < -0.4 is 5.32 Å². The molecule has 0 radical (unpaired) electrons. The number of hydrogen-bond acceptors (Lipinski definition) is 4. The van der Waals surface area contributed by atoms with Crippen LogP contribution in [0, 0.1) is 0 Å². The van der Waals surface area contributed by atoms with Gasteiger partial charge in [-0.3, -0.25) is 9.59 Å². The maximum absolute atomic E-state index is 13.8. The summed E-state index contributed by atoms with van der Waals surface area (Å²) in [7, 11) is -3.61. The van der Waals surface area contributed by atoms with E-state index in [1.54, 1.807) is 18.2 Å². The summed E-state index contributed by atoms with van der Waals surface area (Å²) in [4.78, 5) is 28.2. The van der Waals surface area contributed by atoms with Crippen LogP contribution in [0.5, 0.6) is 0 Å². The summed E-state index contributed by atoms with van der Waals surface area (Å²) in [5, 5.41) is 3.37. The molecule has 1 saturated heterocycles. The number of rotatable bonds is 4. The van der Waals surface area contributed by atoms with Crippen molar-refractivity contribution in [2.45, 2.75) is 30.2 Å². The van der Waals surface area contributed by atoms with Crippen LogP contribution in [0.15, 0.2) is 77.7 Å². The standard InChI is InChI=1S/C27H26ClN3O4S/c28-21-11-14-24-23(17-21)26(19-7-3-1-4-8-19)31(18-25(32)29-24)27(33)20-9-12-22(13-10-20)36(34,35)30-15-5-2-6-16-30/h1,3-4,7-14,17,26H,2,5-6,15-16,18H2,(H,29,32)/t26-/m1/s1. The van der Waals surface area contributed by atoms with Crippen molar-refractivity contribution < 1.29 is 18.0 Å². The second-order valence-corrected chi connectivity index (χ2v) is 11.4. The molecule has 0 spiro atoms. The molecule has 0 aromatic heterocycles. The molecule has 2 aliphatic rings. The number of amides is 2. The van der Waals surface area contributed by atoms with Gasteiger partial charge < -0.3 is 10.2 Å². The van der Waals surface area contributed by atoms with E-state index < -0.39 is 16.1 Å². The third kappa shape index (κ3) is 4.76.